The highest BCUT2D eigenvalue weighted by molar-refractivity contribution is 7.89. The zero-order chi connectivity index (χ0) is 10.8. The Bertz CT molecular complexity index is 401. The first-order valence-corrected chi connectivity index (χ1v) is 5.17. The Labute approximate surface area is 79.8 Å². The van der Waals surface area contributed by atoms with E-state index < -0.39 is 23.0 Å². The molecule has 1 heterocycles. The number of nitrogens with zero attached hydrogens (tertiary/aromatic N) is 2. The van der Waals surface area contributed by atoms with Crippen molar-refractivity contribution in [2.75, 3.05) is 6.54 Å². The number of hydrogen-bond acceptors (Lipinski definition) is 3. The molecular formula is C6H9F2N3O2S. The van der Waals surface area contributed by atoms with Crippen LogP contribution in [-0.2, 0) is 17.1 Å². The van der Waals surface area contributed by atoms with Crippen molar-refractivity contribution in [1.29, 1.82) is 0 Å². The third-order valence-corrected chi connectivity index (χ3v) is 2.71. The van der Waals surface area contributed by atoms with Gasteiger partial charge < -0.3 is 0 Å². The van der Waals surface area contributed by atoms with Gasteiger partial charge >= 0.3 is 0 Å². The highest BCUT2D eigenvalue weighted by atomic mass is 32.2. The molecule has 0 fully saturated rings. The Morgan fingerprint density at radius 2 is 2.29 bits per heavy atom. The van der Waals surface area contributed by atoms with Gasteiger partial charge in [0, 0.05) is 13.2 Å². The van der Waals surface area contributed by atoms with Crippen LogP contribution in [0.5, 0.6) is 0 Å². The Hall–Kier alpha value is -1.02. The van der Waals surface area contributed by atoms with Crippen LogP contribution >= 0.6 is 0 Å². The van der Waals surface area contributed by atoms with Gasteiger partial charge in [0.05, 0.1) is 6.54 Å². The highest BCUT2D eigenvalue weighted by Gasteiger charge is 2.18. The van der Waals surface area contributed by atoms with E-state index in [1.165, 1.54) is 24.0 Å². The number of hydrogen-bond donors (Lipinski definition) is 1. The average molecular weight is 225 g/mol. The van der Waals surface area contributed by atoms with Crippen LogP contribution in [0.15, 0.2) is 17.3 Å². The molecule has 0 bridgehead atoms. The monoisotopic (exact) mass is 225 g/mol. The lowest BCUT2D eigenvalue weighted by Gasteiger charge is -2.02. The third kappa shape index (κ3) is 2.74. The lowest BCUT2D eigenvalue weighted by atomic mass is 10.7. The van der Waals surface area contributed by atoms with Crippen LogP contribution in [0.2, 0.25) is 0 Å². The molecule has 0 radical (unpaired) electrons. The van der Waals surface area contributed by atoms with Gasteiger partial charge in [-0.15, -0.1) is 0 Å². The summed E-state index contributed by atoms with van der Waals surface area (Å²) in [5.41, 5.74) is 0. The largest absolute Gasteiger partial charge is 0.274 e. The highest BCUT2D eigenvalue weighted by Crippen LogP contribution is 2.04. The van der Waals surface area contributed by atoms with Gasteiger partial charge in [0.15, 0.2) is 5.03 Å². The van der Waals surface area contributed by atoms with E-state index in [0.29, 0.717) is 0 Å². The molecule has 0 amide bonds. The summed E-state index contributed by atoms with van der Waals surface area (Å²) in [4.78, 5) is 0. The molecule has 0 atom stereocenters. The topological polar surface area (TPSA) is 64.0 Å². The summed E-state index contributed by atoms with van der Waals surface area (Å²) in [6.45, 7) is -0.904. The predicted molar refractivity (Wildman–Crippen MR) is 44.4 cm³/mol. The number of aromatic nitrogens is 2. The molecule has 0 spiro atoms. The van der Waals surface area contributed by atoms with Crippen molar-refractivity contribution in [1.82, 2.24) is 14.5 Å². The average Bonchev–Trinajstić information content (AvgIpc) is 2.49. The fourth-order valence-corrected chi connectivity index (χ4v) is 1.75. The van der Waals surface area contributed by atoms with E-state index >= 15 is 0 Å². The number of rotatable bonds is 4. The van der Waals surface area contributed by atoms with Crippen LogP contribution in [0, 0.1) is 0 Å². The van der Waals surface area contributed by atoms with E-state index in [9.17, 15) is 17.2 Å². The molecule has 8 heteroatoms. The minimum Gasteiger partial charge on any atom is -0.274 e. The molecule has 0 aliphatic heterocycles. The number of alkyl halides is 2. The summed E-state index contributed by atoms with van der Waals surface area (Å²) < 4.78 is 48.9. The maximum Gasteiger partial charge on any atom is 0.260 e. The zero-order valence-corrected chi connectivity index (χ0v) is 8.13. The van der Waals surface area contributed by atoms with Gasteiger partial charge in [0.2, 0.25) is 0 Å². The Morgan fingerprint density at radius 1 is 1.64 bits per heavy atom. The van der Waals surface area contributed by atoms with Crippen molar-refractivity contribution in [3.05, 3.63) is 12.3 Å². The molecule has 0 saturated carbocycles. The molecule has 0 unspecified atom stereocenters. The minimum absolute atomic E-state index is 0.263. The van der Waals surface area contributed by atoms with Crippen LogP contribution in [0.4, 0.5) is 8.78 Å². The van der Waals surface area contributed by atoms with Crippen LogP contribution in [0.25, 0.3) is 0 Å². The standard InChI is InChI=1S/C6H9F2N3O2S/c1-11-3-2-6(10-11)14(12,13)9-4-5(7)8/h2-3,5,9H,4H2,1H3. The maximum atomic E-state index is 11.7. The molecule has 1 aromatic heterocycles. The van der Waals surface area contributed by atoms with E-state index in [-0.39, 0.29) is 5.03 Å². The van der Waals surface area contributed by atoms with Gasteiger partial charge in [0.25, 0.3) is 16.4 Å². The van der Waals surface area contributed by atoms with E-state index in [4.69, 9.17) is 0 Å². The van der Waals surface area contributed by atoms with Gasteiger partial charge in [-0.1, -0.05) is 0 Å². The van der Waals surface area contributed by atoms with Gasteiger partial charge in [0.1, 0.15) is 0 Å². The van der Waals surface area contributed by atoms with Crippen LogP contribution in [-0.4, -0.2) is 31.2 Å². The van der Waals surface area contributed by atoms with Gasteiger partial charge in [-0.05, 0) is 6.07 Å². The Kier molecular flexibility index (Phi) is 3.17. The summed E-state index contributed by atoms with van der Waals surface area (Å²) in [5, 5.41) is 3.32. The minimum atomic E-state index is -3.90. The van der Waals surface area contributed by atoms with Gasteiger partial charge in [-0.25, -0.2) is 21.9 Å². The number of aryl methyl sites for hydroxylation is 1. The second-order valence-corrected chi connectivity index (χ2v) is 4.28. The summed E-state index contributed by atoms with van der Waals surface area (Å²) >= 11 is 0. The second kappa shape index (κ2) is 4.01. The number of halogens is 2. The van der Waals surface area contributed by atoms with Gasteiger partial charge in [-0.3, -0.25) is 4.68 Å². The Morgan fingerprint density at radius 3 is 2.71 bits per heavy atom. The smallest absolute Gasteiger partial charge is 0.260 e. The molecule has 1 N–H and O–H groups in total. The van der Waals surface area contributed by atoms with E-state index in [2.05, 4.69) is 5.10 Å². The van der Waals surface area contributed by atoms with Crippen molar-refractivity contribution in [2.24, 2.45) is 7.05 Å². The molecule has 5 nitrogen and oxygen atoms in total. The third-order valence-electron chi connectivity index (χ3n) is 1.39. The normalized spacial score (nSPS) is 12.3. The first-order valence-electron chi connectivity index (χ1n) is 3.69. The summed E-state index contributed by atoms with van der Waals surface area (Å²) in [5.74, 6) is 0. The first-order chi connectivity index (χ1) is 6.42. The predicted octanol–water partition coefficient (Wildman–Crippen LogP) is -0.0365. The van der Waals surface area contributed by atoms with Crippen LogP contribution in [0.3, 0.4) is 0 Å². The molecule has 1 aromatic rings. The molecule has 0 saturated heterocycles. The Balaban J connectivity index is 2.76. The SMILES string of the molecule is Cn1ccc(S(=O)(=O)NCC(F)F)n1. The summed E-state index contributed by atoms with van der Waals surface area (Å²) in [7, 11) is -2.36. The molecule has 80 valence electrons. The fraction of sp³-hybridized carbons (Fsp3) is 0.500. The van der Waals surface area contributed by atoms with E-state index in [0.717, 1.165) is 0 Å². The van der Waals surface area contributed by atoms with Crippen molar-refractivity contribution in [3.8, 4) is 0 Å². The van der Waals surface area contributed by atoms with Crippen LogP contribution < -0.4 is 4.72 Å². The van der Waals surface area contributed by atoms with Crippen molar-refractivity contribution in [2.45, 2.75) is 11.5 Å². The first kappa shape index (κ1) is 11.1. The molecule has 14 heavy (non-hydrogen) atoms. The zero-order valence-electron chi connectivity index (χ0n) is 7.31. The van der Waals surface area contributed by atoms with Crippen molar-refractivity contribution < 1.29 is 17.2 Å². The van der Waals surface area contributed by atoms with E-state index in [1.54, 1.807) is 4.72 Å². The van der Waals surface area contributed by atoms with Crippen LogP contribution in [0.1, 0.15) is 0 Å². The molecule has 0 aliphatic rings. The molecule has 0 aromatic carbocycles. The van der Waals surface area contributed by atoms with Crippen molar-refractivity contribution in [3.63, 3.8) is 0 Å². The molecule has 1 rings (SSSR count). The van der Waals surface area contributed by atoms with Gasteiger partial charge in [-0.2, -0.15) is 5.10 Å². The molecule has 0 aliphatic carbocycles. The lowest BCUT2D eigenvalue weighted by Crippen LogP contribution is -2.29. The number of sulfonamides is 1. The van der Waals surface area contributed by atoms with E-state index in [1.807, 2.05) is 0 Å². The molecular weight excluding hydrogens is 216 g/mol. The lowest BCUT2D eigenvalue weighted by molar-refractivity contribution is 0.153. The summed E-state index contributed by atoms with van der Waals surface area (Å²) in [6.07, 6.45) is -1.30. The maximum absolute atomic E-state index is 11.7. The summed E-state index contributed by atoms with van der Waals surface area (Å²) in [6, 6.07) is 1.23. The fourth-order valence-electron chi connectivity index (χ4n) is 0.784. The quantitative estimate of drug-likeness (QED) is 0.782. The number of nitrogens with one attached hydrogen (secondary N) is 1. The second-order valence-electron chi connectivity index (χ2n) is 2.57. The van der Waals surface area contributed by atoms with Crippen molar-refractivity contribution >= 4 is 10.0 Å².